The van der Waals surface area contributed by atoms with Gasteiger partial charge in [-0.05, 0) is 53.4 Å². The fraction of sp³-hybridized carbons (Fsp3) is 0.128. The molecule has 202 valence electrons. The summed E-state index contributed by atoms with van der Waals surface area (Å²) in [6.07, 6.45) is 4.89. The lowest BCUT2D eigenvalue weighted by atomic mass is 9.88. The van der Waals surface area contributed by atoms with Gasteiger partial charge in [-0.2, -0.15) is 0 Å². The highest BCUT2D eigenvalue weighted by molar-refractivity contribution is 6.88. The summed E-state index contributed by atoms with van der Waals surface area (Å²) in [5.74, 6) is 0. The number of nitrogens with zero attached hydrogens (tertiary/aromatic N) is 2. The normalized spacial score (nSPS) is 16.2. The van der Waals surface area contributed by atoms with Crippen molar-refractivity contribution in [3.63, 3.8) is 0 Å². The molecule has 2 aliphatic rings. The van der Waals surface area contributed by atoms with Gasteiger partial charge in [0.15, 0.2) is 12.4 Å². The van der Waals surface area contributed by atoms with Crippen LogP contribution < -0.4 is 14.3 Å². The van der Waals surface area contributed by atoms with Gasteiger partial charge in [0.1, 0.15) is 11.1 Å². The van der Waals surface area contributed by atoms with Crippen LogP contribution in [0.5, 0.6) is 0 Å². The Morgan fingerprint density at radius 3 is 1.88 bits per heavy atom. The summed E-state index contributed by atoms with van der Waals surface area (Å²) in [5, 5.41) is 1.46. The van der Waals surface area contributed by atoms with Crippen LogP contribution in [-0.4, -0.2) is 8.07 Å². The van der Waals surface area contributed by atoms with Gasteiger partial charge in [-0.3, -0.25) is 0 Å². The van der Waals surface area contributed by atoms with Crippen LogP contribution in [0.2, 0.25) is 19.6 Å². The molecule has 0 aliphatic carbocycles. The maximum atomic E-state index is 2.60. The van der Waals surface area contributed by atoms with Gasteiger partial charge in [0.2, 0.25) is 11.4 Å². The second-order valence-electron chi connectivity index (χ2n) is 12.8. The number of pyridine rings is 2. The van der Waals surface area contributed by atoms with Gasteiger partial charge in [0.05, 0.1) is 19.2 Å². The first-order valence-electron chi connectivity index (χ1n) is 14.9. The van der Waals surface area contributed by atoms with Crippen molar-refractivity contribution in [1.82, 2.24) is 0 Å². The highest BCUT2D eigenvalue weighted by Crippen LogP contribution is 2.48. The fourth-order valence-corrected chi connectivity index (χ4v) is 8.24. The predicted molar refractivity (Wildman–Crippen MR) is 174 cm³/mol. The number of benzene rings is 4. The lowest BCUT2D eigenvalue weighted by Crippen LogP contribution is -2.72. The summed E-state index contributed by atoms with van der Waals surface area (Å²) >= 11 is 0. The van der Waals surface area contributed by atoms with Crippen molar-refractivity contribution >= 4 is 13.3 Å². The predicted octanol–water partition coefficient (Wildman–Crippen LogP) is 7.71. The Morgan fingerprint density at radius 1 is 0.500 bits per heavy atom. The van der Waals surface area contributed by atoms with Crippen LogP contribution >= 0.6 is 0 Å². The molecule has 8 rings (SSSR count). The van der Waals surface area contributed by atoms with Crippen molar-refractivity contribution in [2.45, 2.75) is 32.2 Å². The smallest absolute Gasteiger partial charge is 0.126 e. The van der Waals surface area contributed by atoms with Crippen molar-refractivity contribution < 1.29 is 9.13 Å². The third kappa shape index (κ3) is 3.44. The molecule has 2 aromatic heterocycles. The van der Waals surface area contributed by atoms with Crippen LogP contribution in [0, 0.1) is 6.92 Å². The summed E-state index contributed by atoms with van der Waals surface area (Å²) in [5.41, 5.74) is 13.6. The first-order valence-corrected chi connectivity index (χ1v) is 18.4. The van der Waals surface area contributed by atoms with E-state index in [1.807, 2.05) is 0 Å². The van der Waals surface area contributed by atoms with Crippen molar-refractivity contribution in [2.75, 3.05) is 0 Å². The van der Waals surface area contributed by atoms with E-state index in [-0.39, 0.29) is 0 Å². The van der Waals surface area contributed by atoms with E-state index < -0.39 is 13.7 Å². The summed E-state index contributed by atoms with van der Waals surface area (Å²) in [7, 11) is -1.60. The quantitative estimate of drug-likeness (QED) is 0.155. The van der Waals surface area contributed by atoms with Gasteiger partial charge in [-0.1, -0.05) is 105 Å². The SMILES string of the molecule is Cc1cc2[n+](cc1-c1ccccc1)C1(c3ccccc3-2)c2ccc(-c3ccccc3)cc2-c2ccc([Si](C)(C)C)c[n+]21. The Labute approximate surface area is 249 Å². The largest absolute Gasteiger partial charge is 0.417 e. The minimum absolute atomic E-state index is 0.515. The van der Waals surface area contributed by atoms with Gasteiger partial charge in [0.25, 0.3) is 0 Å². The van der Waals surface area contributed by atoms with E-state index in [1.165, 1.54) is 66.6 Å². The van der Waals surface area contributed by atoms with Gasteiger partial charge in [-0.25, -0.2) is 0 Å². The Bertz CT molecular complexity index is 2020. The molecule has 0 fully saturated rings. The fourth-order valence-electron chi connectivity index (χ4n) is 7.14. The van der Waals surface area contributed by atoms with Crippen LogP contribution in [-0.2, 0) is 5.66 Å². The molecule has 0 saturated carbocycles. The van der Waals surface area contributed by atoms with Crippen molar-refractivity contribution in [1.29, 1.82) is 0 Å². The molecular formula is C39H34N2Si+2. The molecular weight excluding hydrogens is 525 g/mol. The van der Waals surface area contributed by atoms with E-state index in [4.69, 9.17) is 0 Å². The maximum absolute atomic E-state index is 2.60. The summed E-state index contributed by atoms with van der Waals surface area (Å²) in [4.78, 5) is 0. The number of fused-ring (bicyclic) bond motifs is 10. The molecule has 0 bridgehead atoms. The average Bonchev–Trinajstić information content (AvgIpc) is 3.47. The lowest BCUT2D eigenvalue weighted by Gasteiger charge is -2.20. The number of hydrogen-bond donors (Lipinski definition) is 0. The molecule has 0 saturated heterocycles. The second-order valence-corrected chi connectivity index (χ2v) is 17.8. The third-order valence-corrected chi connectivity index (χ3v) is 11.3. The zero-order valence-electron chi connectivity index (χ0n) is 24.6. The molecule has 42 heavy (non-hydrogen) atoms. The first-order chi connectivity index (χ1) is 20.4. The summed E-state index contributed by atoms with van der Waals surface area (Å²) in [6, 6.07) is 44.9. The highest BCUT2D eigenvalue weighted by Gasteiger charge is 2.66. The zero-order valence-corrected chi connectivity index (χ0v) is 25.6. The highest BCUT2D eigenvalue weighted by atomic mass is 28.3. The second kappa shape index (κ2) is 8.95. The molecule has 1 spiro atoms. The number of aryl methyl sites for hydroxylation is 1. The molecule has 0 N–H and O–H groups in total. The molecule has 1 unspecified atom stereocenters. The molecule has 0 amide bonds. The van der Waals surface area contributed by atoms with Crippen molar-refractivity contribution in [3.8, 4) is 44.8 Å². The molecule has 1 atom stereocenters. The minimum Gasteiger partial charge on any atom is -0.126 e. The zero-order chi connectivity index (χ0) is 28.6. The third-order valence-electron chi connectivity index (χ3n) is 9.25. The van der Waals surface area contributed by atoms with E-state index in [1.54, 1.807) is 0 Å². The summed E-state index contributed by atoms with van der Waals surface area (Å²) < 4.78 is 5.16. The number of hydrogen-bond acceptors (Lipinski definition) is 0. The van der Waals surface area contributed by atoms with Crippen LogP contribution in [0.1, 0.15) is 16.7 Å². The molecule has 4 aromatic carbocycles. The van der Waals surface area contributed by atoms with Gasteiger partial charge in [-0.15, -0.1) is 9.13 Å². The van der Waals surface area contributed by atoms with E-state index in [2.05, 4.69) is 169 Å². The molecule has 3 heteroatoms. The van der Waals surface area contributed by atoms with Crippen molar-refractivity contribution in [3.05, 3.63) is 150 Å². The Morgan fingerprint density at radius 2 is 1.14 bits per heavy atom. The van der Waals surface area contributed by atoms with Crippen molar-refractivity contribution in [2.24, 2.45) is 0 Å². The minimum atomic E-state index is -1.60. The molecule has 2 aliphatic heterocycles. The van der Waals surface area contributed by atoms with Crippen LogP contribution in [0.3, 0.4) is 0 Å². The average molecular weight is 559 g/mol. The lowest BCUT2D eigenvalue weighted by molar-refractivity contribution is -0.954. The Kier molecular flexibility index (Phi) is 5.35. The Balaban J connectivity index is 1.50. The topological polar surface area (TPSA) is 7.76 Å². The first kappa shape index (κ1) is 25.1. The molecule has 4 heterocycles. The molecule has 0 radical (unpaired) electrons. The monoisotopic (exact) mass is 558 g/mol. The van der Waals surface area contributed by atoms with Gasteiger partial charge >= 0.3 is 5.66 Å². The van der Waals surface area contributed by atoms with Gasteiger partial charge < -0.3 is 0 Å². The number of rotatable bonds is 3. The van der Waals surface area contributed by atoms with Gasteiger partial charge in [0, 0.05) is 22.9 Å². The van der Waals surface area contributed by atoms with Crippen LogP contribution in [0.4, 0.5) is 0 Å². The maximum Gasteiger partial charge on any atom is 0.417 e. The van der Waals surface area contributed by atoms with Crippen LogP contribution in [0.25, 0.3) is 44.8 Å². The summed E-state index contributed by atoms with van der Waals surface area (Å²) in [6.45, 7) is 9.57. The molecule has 6 aromatic rings. The van der Waals surface area contributed by atoms with E-state index in [0.29, 0.717) is 0 Å². The van der Waals surface area contributed by atoms with E-state index >= 15 is 0 Å². The number of aromatic nitrogens is 2. The standard InChI is InChI=1S/C39H34N2Si/c1-27-23-38-32-17-11-12-18-35(32)39(41(38)26-34(27)29-15-9-6-10-16-29)36-21-19-30(28-13-7-5-8-14-28)24-33(36)37-22-20-31(25-40(37)39)42(2,3)4/h5-26H,1-4H3/q+2. The van der Waals surface area contributed by atoms with E-state index in [0.717, 1.165) is 0 Å². The van der Waals surface area contributed by atoms with E-state index in [9.17, 15) is 0 Å². The Hall–Kier alpha value is -4.60. The molecule has 2 nitrogen and oxygen atoms in total. The van der Waals surface area contributed by atoms with Crippen LogP contribution in [0.15, 0.2) is 134 Å².